The van der Waals surface area contributed by atoms with Crippen LogP contribution >= 0.6 is 0 Å². The molecule has 0 fully saturated rings. The minimum absolute atomic E-state index is 0.316. The molecule has 8 nitrogen and oxygen atoms in total. The van der Waals surface area contributed by atoms with Gasteiger partial charge < -0.3 is 18.9 Å². The number of quaternary nitrogens is 1. The molecule has 0 aliphatic rings. The van der Waals surface area contributed by atoms with Crippen molar-refractivity contribution in [2.45, 2.75) is 149 Å². The van der Waals surface area contributed by atoms with Crippen molar-refractivity contribution >= 4 is 5.97 Å². The Labute approximate surface area is 243 Å². The number of H-pyrrole nitrogens is 1. The second-order valence-corrected chi connectivity index (χ2v) is 12.4. The van der Waals surface area contributed by atoms with Gasteiger partial charge in [0, 0.05) is 13.1 Å². The summed E-state index contributed by atoms with van der Waals surface area (Å²) >= 11 is 0. The number of hydrogen-bond acceptors (Lipinski definition) is 5. The zero-order chi connectivity index (χ0) is 30.0. The Morgan fingerprint density at radius 2 is 1.43 bits per heavy atom. The summed E-state index contributed by atoms with van der Waals surface area (Å²) in [5.41, 5.74) is -0.286. The molecule has 0 aliphatic heterocycles. The normalized spacial score (nSPS) is 14.2. The lowest BCUT2D eigenvalue weighted by atomic mass is 10.0. The van der Waals surface area contributed by atoms with Gasteiger partial charge in [0.1, 0.15) is 6.10 Å². The van der Waals surface area contributed by atoms with Gasteiger partial charge in [-0.1, -0.05) is 97.3 Å². The van der Waals surface area contributed by atoms with Crippen LogP contribution in [0, 0.1) is 0 Å². The number of carbonyl (C=O) groups is 1. The van der Waals surface area contributed by atoms with E-state index in [1.807, 2.05) is 35.0 Å². The number of aromatic nitrogens is 2. The summed E-state index contributed by atoms with van der Waals surface area (Å²) in [6, 6.07) is 0. The Hall–Kier alpha value is -1.93. The first-order valence-electron chi connectivity index (χ1n) is 16.0. The number of nitrogens with one attached hydrogen (secondary N) is 1. The van der Waals surface area contributed by atoms with Gasteiger partial charge in [-0.25, -0.2) is 4.79 Å². The number of rotatable bonds is 23. The predicted molar refractivity (Wildman–Crippen MR) is 164 cm³/mol. The fourth-order valence-electron chi connectivity index (χ4n) is 5.08. The number of hydrogen-bond donors (Lipinski definition) is 1. The zero-order valence-electron chi connectivity index (χ0n) is 26.8. The summed E-state index contributed by atoms with van der Waals surface area (Å²) in [6.45, 7) is 8.46. The molecule has 232 valence electrons. The fraction of sp³-hybridized carbons (Fsp3) is 0.844. The number of likely N-dealkylation sites (N-methyl/N-ethyl adjacent to an activating group) is 1. The Kier molecular flexibility index (Phi) is 18.1. The molecule has 3 atom stereocenters. The van der Waals surface area contributed by atoms with Crippen molar-refractivity contribution in [2.75, 3.05) is 27.7 Å². The topological polar surface area (TPSA) is 90.4 Å². The molecule has 1 aromatic heterocycles. The van der Waals surface area contributed by atoms with Crippen LogP contribution in [-0.4, -0.2) is 59.9 Å². The van der Waals surface area contributed by atoms with E-state index >= 15 is 0 Å². The van der Waals surface area contributed by atoms with Crippen LogP contribution in [0.3, 0.4) is 0 Å². The summed E-state index contributed by atoms with van der Waals surface area (Å²) < 4.78 is 13.9. The highest BCUT2D eigenvalue weighted by molar-refractivity contribution is 5.66. The van der Waals surface area contributed by atoms with Crippen molar-refractivity contribution in [3.63, 3.8) is 0 Å². The third-order valence-corrected chi connectivity index (χ3v) is 7.61. The lowest BCUT2D eigenvalue weighted by Gasteiger charge is -2.29. The highest BCUT2D eigenvalue weighted by Gasteiger charge is 2.27. The van der Waals surface area contributed by atoms with Crippen LogP contribution in [-0.2, 0) is 20.8 Å². The predicted octanol–water partition coefficient (Wildman–Crippen LogP) is 6.51. The van der Waals surface area contributed by atoms with E-state index < -0.39 is 17.9 Å². The average molecular weight is 567 g/mol. The summed E-state index contributed by atoms with van der Waals surface area (Å²) in [6.07, 6.45) is 18.3. The lowest BCUT2D eigenvalue weighted by Crippen LogP contribution is -2.44. The number of ether oxygens (including phenoxy) is 2. The van der Waals surface area contributed by atoms with E-state index in [4.69, 9.17) is 9.47 Å². The van der Waals surface area contributed by atoms with Gasteiger partial charge in [0.15, 0.2) is 0 Å². The minimum atomic E-state index is -0.496. The number of unbranched alkanes of at least 4 members (excludes halogenated alkanes) is 12. The number of carbonyl (C=O) groups excluding carboxylic acids is 1. The van der Waals surface area contributed by atoms with Crippen LogP contribution in [0.5, 0.6) is 0 Å². The zero-order valence-corrected chi connectivity index (χ0v) is 26.8. The maximum atomic E-state index is 13.3. The summed E-state index contributed by atoms with van der Waals surface area (Å²) in [5.74, 6) is -0.341. The van der Waals surface area contributed by atoms with Crippen LogP contribution in [0.1, 0.15) is 136 Å². The molecule has 0 amide bonds. The maximum Gasteiger partial charge on any atom is 0.328 e. The smallest absolute Gasteiger partial charge is 0.328 e. The van der Waals surface area contributed by atoms with E-state index in [0.717, 1.165) is 19.3 Å². The molecular weight excluding hydrogens is 506 g/mol. The van der Waals surface area contributed by atoms with Crippen molar-refractivity contribution < 1.29 is 18.8 Å². The first kappa shape index (κ1) is 36.1. The molecule has 1 N–H and O–H groups in total. The Balaban J connectivity index is 2.66. The molecule has 8 heteroatoms. The molecule has 1 rings (SSSR count). The largest absolute Gasteiger partial charge is 0.460 e. The molecule has 3 unspecified atom stereocenters. The highest BCUT2D eigenvalue weighted by Crippen LogP contribution is 2.25. The fourth-order valence-corrected chi connectivity index (χ4v) is 5.08. The van der Waals surface area contributed by atoms with E-state index in [1.54, 1.807) is 0 Å². The van der Waals surface area contributed by atoms with E-state index in [0.29, 0.717) is 29.6 Å². The Morgan fingerprint density at radius 1 is 0.900 bits per heavy atom. The van der Waals surface area contributed by atoms with Crippen LogP contribution in [0.15, 0.2) is 15.8 Å². The second kappa shape index (κ2) is 20.0. The number of esters is 1. The van der Waals surface area contributed by atoms with Crippen LogP contribution in [0.2, 0.25) is 0 Å². The number of aromatic amines is 1. The molecule has 0 bridgehead atoms. The van der Waals surface area contributed by atoms with Crippen LogP contribution in [0.25, 0.3) is 0 Å². The SMILES string of the molecule is CCCCCCCCCCCCCCCC(OC(CC)c1c[nH]c(=O)n(CC[N+](C)(C)C)c1=O)C(C)OC(C)=O. The average Bonchev–Trinajstić information content (AvgIpc) is 2.88. The van der Waals surface area contributed by atoms with Gasteiger partial charge in [0.2, 0.25) is 0 Å². The first-order valence-corrected chi connectivity index (χ1v) is 16.0. The summed E-state index contributed by atoms with van der Waals surface area (Å²) in [5, 5.41) is 0. The van der Waals surface area contributed by atoms with Crippen molar-refractivity contribution in [1.82, 2.24) is 9.55 Å². The van der Waals surface area contributed by atoms with Crippen molar-refractivity contribution in [3.05, 3.63) is 32.6 Å². The summed E-state index contributed by atoms with van der Waals surface area (Å²) in [7, 11) is 6.08. The molecule has 0 aliphatic carbocycles. The Morgan fingerprint density at radius 3 is 1.90 bits per heavy atom. The van der Waals surface area contributed by atoms with Gasteiger partial charge in [-0.15, -0.1) is 0 Å². The van der Waals surface area contributed by atoms with Gasteiger partial charge in [0.25, 0.3) is 5.56 Å². The van der Waals surface area contributed by atoms with Crippen molar-refractivity contribution in [3.8, 4) is 0 Å². The molecular formula is C32H60N3O5+. The third-order valence-electron chi connectivity index (χ3n) is 7.61. The third kappa shape index (κ3) is 15.2. The van der Waals surface area contributed by atoms with Gasteiger partial charge in [-0.05, 0) is 19.8 Å². The van der Waals surface area contributed by atoms with Crippen LogP contribution in [0.4, 0.5) is 0 Å². The van der Waals surface area contributed by atoms with E-state index in [9.17, 15) is 14.4 Å². The van der Waals surface area contributed by atoms with Gasteiger partial charge in [-0.2, -0.15) is 0 Å². The molecule has 1 aromatic rings. The highest BCUT2D eigenvalue weighted by atomic mass is 16.6. The van der Waals surface area contributed by atoms with Gasteiger partial charge in [-0.3, -0.25) is 14.2 Å². The monoisotopic (exact) mass is 566 g/mol. The standard InChI is InChI=1S/C32H59N3O5/c1-8-10-11-12-13-14-15-16-17-18-19-20-21-22-30(26(3)39-27(4)36)40-29(9-2)28-25-33-32(38)34(31(28)37)23-24-35(5,6)7/h25-26,29-30H,8-24H2,1-7H3/p+1. The maximum absolute atomic E-state index is 13.3. The van der Waals surface area contributed by atoms with E-state index in [-0.39, 0.29) is 17.6 Å². The molecule has 0 saturated heterocycles. The Bertz CT molecular complexity index is 934. The molecule has 0 spiro atoms. The molecule has 0 saturated carbocycles. The van der Waals surface area contributed by atoms with E-state index in [2.05, 4.69) is 11.9 Å². The minimum Gasteiger partial charge on any atom is -0.460 e. The van der Waals surface area contributed by atoms with Crippen molar-refractivity contribution in [2.24, 2.45) is 0 Å². The molecule has 0 aromatic carbocycles. The number of nitrogens with zero attached hydrogens (tertiary/aromatic N) is 2. The van der Waals surface area contributed by atoms with E-state index in [1.165, 1.54) is 88.3 Å². The van der Waals surface area contributed by atoms with Crippen molar-refractivity contribution in [1.29, 1.82) is 0 Å². The second-order valence-electron chi connectivity index (χ2n) is 12.4. The van der Waals surface area contributed by atoms with Gasteiger partial charge >= 0.3 is 11.7 Å². The first-order chi connectivity index (χ1) is 19.0. The molecule has 0 radical (unpaired) electrons. The molecule has 40 heavy (non-hydrogen) atoms. The lowest BCUT2D eigenvalue weighted by molar-refractivity contribution is -0.871. The molecule has 1 heterocycles. The summed E-state index contributed by atoms with van der Waals surface area (Å²) in [4.78, 5) is 40.1. The quantitative estimate of drug-likeness (QED) is 0.0926. The van der Waals surface area contributed by atoms with Gasteiger partial charge in [0.05, 0.1) is 52.0 Å². The van der Waals surface area contributed by atoms with Crippen LogP contribution < -0.4 is 11.2 Å².